The van der Waals surface area contributed by atoms with Crippen molar-refractivity contribution in [1.82, 2.24) is 25.1 Å². The van der Waals surface area contributed by atoms with Crippen LogP contribution in [0.1, 0.15) is 20.3 Å². The number of nitrogens with zero attached hydrogens (tertiary/aromatic N) is 4. The number of carbonyl (C=O) groups excluding carboxylic acids is 1. The summed E-state index contributed by atoms with van der Waals surface area (Å²) in [7, 11) is 1.66. The fourth-order valence-electron chi connectivity index (χ4n) is 2.04. The molecular formula is C16H23N5O2S. The Morgan fingerprint density at radius 1 is 1.38 bits per heavy atom. The summed E-state index contributed by atoms with van der Waals surface area (Å²) in [5.74, 6) is 1.06. The molecule has 7 nitrogen and oxygen atoms in total. The minimum Gasteiger partial charge on any atom is -0.383 e. The topological polar surface area (TPSA) is 81.9 Å². The average molecular weight is 349 g/mol. The number of nitrogens with one attached hydrogen (secondary N) is 1. The molecule has 1 unspecified atom stereocenters. The second-order valence-electron chi connectivity index (χ2n) is 5.35. The van der Waals surface area contributed by atoms with Gasteiger partial charge in [-0.3, -0.25) is 14.3 Å². The van der Waals surface area contributed by atoms with Crippen LogP contribution in [-0.2, 0) is 16.1 Å². The quantitative estimate of drug-likeness (QED) is 0.697. The van der Waals surface area contributed by atoms with Gasteiger partial charge in [0.2, 0.25) is 5.91 Å². The summed E-state index contributed by atoms with van der Waals surface area (Å²) >= 11 is 1.38. The van der Waals surface area contributed by atoms with Gasteiger partial charge in [-0.25, -0.2) is 0 Å². The van der Waals surface area contributed by atoms with Gasteiger partial charge in [-0.15, -0.1) is 10.2 Å². The van der Waals surface area contributed by atoms with Crippen LogP contribution < -0.4 is 5.32 Å². The Morgan fingerprint density at radius 2 is 2.12 bits per heavy atom. The van der Waals surface area contributed by atoms with Crippen LogP contribution in [0.15, 0.2) is 29.7 Å². The first-order valence-electron chi connectivity index (χ1n) is 7.90. The smallest absolute Gasteiger partial charge is 0.230 e. The van der Waals surface area contributed by atoms with Crippen LogP contribution in [0.25, 0.3) is 11.4 Å². The standard InChI is InChI=1S/C16H23N5O2S/c1-4-12(2)18-14(22)11-24-16-20-19-15(21(16)9-10-23-3)13-5-7-17-8-6-13/h5-8,12H,4,9-11H2,1-3H3,(H,18,22). The van der Waals surface area contributed by atoms with E-state index in [-0.39, 0.29) is 11.9 Å². The number of thioether (sulfide) groups is 1. The van der Waals surface area contributed by atoms with Crippen molar-refractivity contribution in [2.75, 3.05) is 19.5 Å². The minimum absolute atomic E-state index is 0.00102. The van der Waals surface area contributed by atoms with Crippen molar-refractivity contribution < 1.29 is 9.53 Å². The summed E-state index contributed by atoms with van der Waals surface area (Å²) in [5, 5.41) is 12.2. The average Bonchev–Trinajstić information content (AvgIpc) is 3.01. The van der Waals surface area contributed by atoms with E-state index in [1.807, 2.05) is 30.5 Å². The first-order chi connectivity index (χ1) is 11.7. The molecule has 0 spiro atoms. The third-order valence-electron chi connectivity index (χ3n) is 3.53. The number of hydrogen-bond acceptors (Lipinski definition) is 6. The molecule has 0 radical (unpaired) electrons. The molecule has 1 amide bonds. The van der Waals surface area contributed by atoms with E-state index in [2.05, 4.69) is 20.5 Å². The van der Waals surface area contributed by atoms with Crippen LogP contribution in [0.4, 0.5) is 0 Å². The molecule has 0 saturated heterocycles. The molecule has 0 aliphatic carbocycles. The highest BCUT2D eigenvalue weighted by atomic mass is 32.2. The van der Waals surface area contributed by atoms with E-state index in [0.717, 1.165) is 17.8 Å². The van der Waals surface area contributed by atoms with Gasteiger partial charge in [-0.2, -0.15) is 0 Å². The molecule has 0 saturated carbocycles. The van der Waals surface area contributed by atoms with Crippen LogP contribution in [0.5, 0.6) is 0 Å². The summed E-state index contributed by atoms with van der Waals surface area (Å²) < 4.78 is 7.15. The van der Waals surface area contributed by atoms with Gasteiger partial charge >= 0.3 is 0 Å². The van der Waals surface area contributed by atoms with Crippen LogP contribution in [0.3, 0.4) is 0 Å². The molecule has 130 valence electrons. The van der Waals surface area contributed by atoms with E-state index in [1.54, 1.807) is 19.5 Å². The van der Waals surface area contributed by atoms with Crippen molar-refractivity contribution >= 4 is 17.7 Å². The zero-order valence-electron chi connectivity index (χ0n) is 14.2. The molecule has 24 heavy (non-hydrogen) atoms. The Labute approximate surface area is 146 Å². The molecular weight excluding hydrogens is 326 g/mol. The minimum atomic E-state index is 0.00102. The number of rotatable bonds is 9. The summed E-state index contributed by atoms with van der Waals surface area (Å²) in [5.41, 5.74) is 0.935. The molecule has 2 aromatic heterocycles. The maximum Gasteiger partial charge on any atom is 0.230 e. The molecule has 1 atom stereocenters. The van der Waals surface area contributed by atoms with Gasteiger partial charge < -0.3 is 10.1 Å². The van der Waals surface area contributed by atoms with Crippen LogP contribution >= 0.6 is 11.8 Å². The Balaban J connectivity index is 2.12. The first kappa shape index (κ1) is 18.4. The predicted octanol–water partition coefficient (Wildman–Crippen LogP) is 1.99. The Bertz CT molecular complexity index is 647. The number of ether oxygens (including phenoxy) is 1. The lowest BCUT2D eigenvalue weighted by molar-refractivity contribution is -0.119. The molecule has 2 aromatic rings. The van der Waals surface area contributed by atoms with Crippen molar-refractivity contribution in [2.24, 2.45) is 0 Å². The Kier molecular flexibility index (Phi) is 7.20. The third-order valence-corrected chi connectivity index (χ3v) is 4.49. The fourth-order valence-corrected chi connectivity index (χ4v) is 2.82. The van der Waals surface area contributed by atoms with Gasteiger partial charge in [0.1, 0.15) is 0 Å². The van der Waals surface area contributed by atoms with Gasteiger partial charge in [-0.1, -0.05) is 18.7 Å². The highest BCUT2D eigenvalue weighted by molar-refractivity contribution is 7.99. The van der Waals surface area contributed by atoms with Crippen molar-refractivity contribution in [1.29, 1.82) is 0 Å². The molecule has 2 heterocycles. The molecule has 1 N–H and O–H groups in total. The SMILES string of the molecule is CCC(C)NC(=O)CSc1nnc(-c2ccncc2)n1CCOC. The van der Waals surface area contributed by atoms with E-state index in [9.17, 15) is 4.79 Å². The zero-order chi connectivity index (χ0) is 17.4. The maximum absolute atomic E-state index is 12.0. The maximum atomic E-state index is 12.0. The van der Waals surface area contributed by atoms with Crippen LogP contribution in [0, 0.1) is 0 Å². The lowest BCUT2D eigenvalue weighted by Crippen LogP contribution is -2.33. The number of methoxy groups -OCH3 is 1. The van der Waals surface area contributed by atoms with Crippen molar-refractivity contribution in [2.45, 2.75) is 38.0 Å². The van der Waals surface area contributed by atoms with Crippen molar-refractivity contribution in [3.8, 4) is 11.4 Å². The van der Waals surface area contributed by atoms with Gasteiger partial charge in [0.25, 0.3) is 0 Å². The molecule has 2 rings (SSSR count). The number of carbonyl (C=O) groups is 1. The van der Waals surface area contributed by atoms with E-state index in [4.69, 9.17) is 4.74 Å². The van der Waals surface area contributed by atoms with Gasteiger partial charge in [0.15, 0.2) is 11.0 Å². The highest BCUT2D eigenvalue weighted by Crippen LogP contribution is 2.23. The van der Waals surface area contributed by atoms with Gasteiger partial charge in [0.05, 0.1) is 18.9 Å². The van der Waals surface area contributed by atoms with Crippen molar-refractivity contribution in [3.63, 3.8) is 0 Å². The van der Waals surface area contributed by atoms with Gasteiger partial charge in [0, 0.05) is 31.1 Å². The zero-order valence-corrected chi connectivity index (χ0v) is 15.0. The van der Waals surface area contributed by atoms with E-state index in [1.165, 1.54) is 11.8 Å². The second-order valence-corrected chi connectivity index (χ2v) is 6.29. The molecule has 0 bridgehead atoms. The molecule has 0 aliphatic heterocycles. The van der Waals surface area contributed by atoms with E-state index in [0.29, 0.717) is 24.1 Å². The normalized spacial score (nSPS) is 12.1. The lowest BCUT2D eigenvalue weighted by Gasteiger charge is -2.12. The molecule has 8 heteroatoms. The van der Waals surface area contributed by atoms with E-state index < -0.39 is 0 Å². The summed E-state index contributed by atoms with van der Waals surface area (Å²) in [6.07, 6.45) is 4.35. The number of pyridine rings is 1. The Hall–Kier alpha value is -1.93. The summed E-state index contributed by atoms with van der Waals surface area (Å²) in [6.45, 7) is 5.20. The first-order valence-corrected chi connectivity index (χ1v) is 8.89. The van der Waals surface area contributed by atoms with Crippen LogP contribution in [-0.4, -0.2) is 51.2 Å². The monoisotopic (exact) mass is 349 g/mol. The largest absolute Gasteiger partial charge is 0.383 e. The molecule has 0 aromatic carbocycles. The Morgan fingerprint density at radius 3 is 2.79 bits per heavy atom. The fraction of sp³-hybridized carbons (Fsp3) is 0.500. The highest BCUT2D eigenvalue weighted by Gasteiger charge is 2.16. The second kappa shape index (κ2) is 9.39. The van der Waals surface area contributed by atoms with Gasteiger partial charge in [-0.05, 0) is 25.5 Å². The third kappa shape index (κ3) is 5.04. The number of aromatic nitrogens is 4. The number of hydrogen-bond donors (Lipinski definition) is 1. The predicted molar refractivity (Wildman–Crippen MR) is 93.7 cm³/mol. The van der Waals surface area contributed by atoms with Crippen molar-refractivity contribution in [3.05, 3.63) is 24.5 Å². The molecule has 0 fully saturated rings. The number of amides is 1. The van der Waals surface area contributed by atoms with Crippen LogP contribution in [0.2, 0.25) is 0 Å². The molecule has 0 aliphatic rings. The summed E-state index contributed by atoms with van der Waals surface area (Å²) in [4.78, 5) is 16.0. The summed E-state index contributed by atoms with van der Waals surface area (Å²) in [6, 6.07) is 3.95. The lowest BCUT2D eigenvalue weighted by atomic mass is 10.2. The van der Waals surface area contributed by atoms with E-state index >= 15 is 0 Å².